The summed E-state index contributed by atoms with van der Waals surface area (Å²) in [6, 6.07) is 0. The first-order chi connectivity index (χ1) is 8.20. The summed E-state index contributed by atoms with van der Waals surface area (Å²) in [6.45, 7) is 5.05. The molecule has 0 aliphatic carbocycles. The molecule has 2 saturated heterocycles. The average molecular weight is 239 g/mol. The van der Waals surface area contributed by atoms with Crippen molar-refractivity contribution in [2.45, 2.75) is 19.3 Å². The molecule has 4 nitrogen and oxygen atoms in total. The van der Waals surface area contributed by atoms with Crippen molar-refractivity contribution in [3.05, 3.63) is 0 Å². The highest BCUT2D eigenvalue weighted by Gasteiger charge is 2.31. The number of amides is 1. The van der Waals surface area contributed by atoms with Crippen LogP contribution in [0.25, 0.3) is 0 Å². The van der Waals surface area contributed by atoms with Gasteiger partial charge in [-0.25, -0.2) is 0 Å². The van der Waals surface area contributed by atoms with Gasteiger partial charge in [-0.15, -0.1) is 0 Å². The monoisotopic (exact) mass is 239 g/mol. The Hall–Kier alpha value is -0.610. The number of carbonyl (C=O) groups excluding carboxylic acids is 1. The summed E-state index contributed by atoms with van der Waals surface area (Å²) in [4.78, 5) is 16.6. The molecule has 0 spiro atoms. The second-order valence-electron chi connectivity index (χ2n) is 5.57. The molecule has 2 aliphatic heterocycles. The third-order valence-electron chi connectivity index (χ3n) is 4.16. The Balaban J connectivity index is 1.78. The lowest BCUT2D eigenvalue weighted by Crippen LogP contribution is -2.43. The first kappa shape index (κ1) is 12.8. The van der Waals surface area contributed by atoms with Gasteiger partial charge in [-0.05, 0) is 52.4 Å². The predicted molar refractivity (Wildman–Crippen MR) is 68.8 cm³/mol. The van der Waals surface area contributed by atoms with E-state index in [0.29, 0.717) is 5.91 Å². The van der Waals surface area contributed by atoms with Crippen molar-refractivity contribution in [3.63, 3.8) is 0 Å². The lowest BCUT2D eigenvalue weighted by Gasteiger charge is -2.33. The normalized spacial score (nSPS) is 27.6. The molecule has 0 aromatic heterocycles. The van der Waals surface area contributed by atoms with Crippen LogP contribution in [0.5, 0.6) is 0 Å². The van der Waals surface area contributed by atoms with E-state index in [1.165, 1.54) is 0 Å². The van der Waals surface area contributed by atoms with Crippen LogP contribution in [0.3, 0.4) is 0 Å². The van der Waals surface area contributed by atoms with Gasteiger partial charge in [-0.3, -0.25) is 4.79 Å². The van der Waals surface area contributed by atoms with Gasteiger partial charge in [0.05, 0.1) is 5.92 Å². The molecule has 0 saturated carbocycles. The van der Waals surface area contributed by atoms with Crippen LogP contribution in [-0.2, 0) is 4.79 Å². The van der Waals surface area contributed by atoms with Gasteiger partial charge in [0.25, 0.3) is 0 Å². The number of carbonyl (C=O) groups is 1. The number of hydrogen-bond donors (Lipinski definition) is 1. The van der Waals surface area contributed by atoms with Gasteiger partial charge in [-0.2, -0.15) is 0 Å². The van der Waals surface area contributed by atoms with E-state index in [0.717, 1.165) is 57.9 Å². The Morgan fingerprint density at radius 1 is 1.24 bits per heavy atom. The third kappa shape index (κ3) is 3.19. The molecule has 0 aromatic rings. The minimum absolute atomic E-state index is 0.265. The van der Waals surface area contributed by atoms with Crippen molar-refractivity contribution < 1.29 is 4.79 Å². The minimum Gasteiger partial charge on any atom is -0.342 e. The predicted octanol–water partition coefficient (Wildman–Crippen LogP) is 0.396. The summed E-state index contributed by atoms with van der Waals surface area (Å²) in [5.74, 6) is 1.42. The fourth-order valence-electron chi connectivity index (χ4n) is 3.04. The maximum Gasteiger partial charge on any atom is 0.227 e. The lowest BCUT2D eigenvalue weighted by atomic mass is 9.95. The summed E-state index contributed by atoms with van der Waals surface area (Å²) in [6.07, 6.45) is 3.37. The summed E-state index contributed by atoms with van der Waals surface area (Å²) < 4.78 is 0. The number of hydrogen-bond acceptors (Lipinski definition) is 3. The van der Waals surface area contributed by atoms with E-state index < -0.39 is 0 Å². The first-order valence-corrected chi connectivity index (χ1v) is 6.82. The van der Waals surface area contributed by atoms with Crippen LogP contribution >= 0.6 is 0 Å². The molecular weight excluding hydrogens is 214 g/mol. The highest BCUT2D eigenvalue weighted by Crippen LogP contribution is 2.22. The van der Waals surface area contributed by atoms with E-state index in [1.54, 1.807) is 0 Å². The van der Waals surface area contributed by atoms with Crippen LogP contribution < -0.4 is 5.32 Å². The highest BCUT2D eigenvalue weighted by molar-refractivity contribution is 5.79. The van der Waals surface area contributed by atoms with Crippen LogP contribution in [0.1, 0.15) is 19.3 Å². The first-order valence-electron chi connectivity index (χ1n) is 6.82. The van der Waals surface area contributed by atoms with Crippen molar-refractivity contribution in [3.8, 4) is 0 Å². The SMILES string of the molecule is CNCC1CCN(C(=O)C2CCN(C)C2)CC1. The zero-order valence-electron chi connectivity index (χ0n) is 11.1. The van der Waals surface area contributed by atoms with E-state index in [2.05, 4.69) is 22.2 Å². The van der Waals surface area contributed by atoms with Crippen molar-refractivity contribution >= 4 is 5.91 Å². The lowest BCUT2D eigenvalue weighted by molar-refractivity contribution is -0.136. The van der Waals surface area contributed by atoms with Crippen LogP contribution in [0.15, 0.2) is 0 Å². The van der Waals surface area contributed by atoms with Gasteiger partial charge in [0.1, 0.15) is 0 Å². The van der Waals surface area contributed by atoms with Crippen LogP contribution in [-0.4, -0.2) is 62.5 Å². The highest BCUT2D eigenvalue weighted by atomic mass is 16.2. The second-order valence-corrected chi connectivity index (χ2v) is 5.57. The quantitative estimate of drug-likeness (QED) is 0.774. The van der Waals surface area contributed by atoms with Gasteiger partial charge in [0.2, 0.25) is 5.91 Å². The fourth-order valence-corrected chi connectivity index (χ4v) is 3.04. The van der Waals surface area contributed by atoms with E-state index in [-0.39, 0.29) is 5.92 Å². The van der Waals surface area contributed by atoms with Crippen molar-refractivity contribution in [1.29, 1.82) is 0 Å². The summed E-state index contributed by atoms with van der Waals surface area (Å²) in [7, 11) is 4.11. The molecule has 1 amide bonds. The molecule has 2 aliphatic rings. The molecule has 2 rings (SSSR count). The summed E-state index contributed by atoms with van der Waals surface area (Å²) in [5.41, 5.74) is 0. The molecule has 17 heavy (non-hydrogen) atoms. The minimum atomic E-state index is 0.265. The van der Waals surface area contributed by atoms with Gasteiger partial charge in [-0.1, -0.05) is 0 Å². The van der Waals surface area contributed by atoms with Crippen LogP contribution in [0.2, 0.25) is 0 Å². The van der Waals surface area contributed by atoms with Gasteiger partial charge >= 0.3 is 0 Å². The number of rotatable bonds is 3. The number of nitrogens with zero attached hydrogens (tertiary/aromatic N) is 2. The third-order valence-corrected chi connectivity index (χ3v) is 4.16. The second kappa shape index (κ2) is 5.83. The standard InChI is InChI=1S/C13H25N3O/c1-14-9-11-3-7-16(8-4-11)13(17)12-5-6-15(2)10-12/h11-12,14H,3-10H2,1-2H3. The van der Waals surface area contributed by atoms with Gasteiger partial charge in [0.15, 0.2) is 0 Å². The van der Waals surface area contributed by atoms with Gasteiger partial charge < -0.3 is 15.1 Å². The number of likely N-dealkylation sites (tertiary alicyclic amines) is 2. The zero-order valence-corrected chi connectivity index (χ0v) is 11.1. The molecular formula is C13H25N3O. The summed E-state index contributed by atoms with van der Waals surface area (Å²) in [5, 5.41) is 3.23. The number of piperidine rings is 1. The van der Waals surface area contributed by atoms with E-state index >= 15 is 0 Å². The molecule has 0 radical (unpaired) electrons. The molecule has 2 heterocycles. The molecule has 4 heteroatoms. The van der Waals surface area contributed by atoms with Gasteiger partial charge in [0, 0.05) is 19.6 Å². The van der Waals surface area contributed by atoms with E-state index in [9.17, 15) is 4.79 Å². The van der Waals surface area contributed by atoms with Crippen molar-refractivity contribution in [1.82, 2.24) is 15.1 Å². The van der Waals surface area contributed by atoms with E-state index in [1.807, 2.05) is 7.05 Å². The van der Waals surface area contributed by atoms with Crippen LogP contribution in [0.4, 0.5) is 0 Å². The smallest absolute Gasteiger partial charge is 0.227 e. The van der Waals surface area contributed by atoms with Crippen molar-refractivity contribution in [2.75, 3.05) is 46.8 Å². The number of nitrogens with one attached hydrogen (secondary N) is 1. The largest absolute Gasteiger partial charge is 0.342 e. The van der Waals surface area contributed by atoms with Crippen LogP contribution in [0, 0.1) is 11.8 Å². The molecule has 1 unspecified atom stereocenters. The molecule has 1 atom stereocenters. The Morgan fingerprint density at radius 3 is 2.47 bits per heavy atom. The molecule has 1 N–H and O–H groups in total. The van der Waals surface area contributed by atoms with E-state index in [4.69, 9.17) is 0 Å². The zero-order chi connectivity index (χ0) is 12.3. The average Bonchev–Trinajstić information content (AvgIpc) is 2.76. The molecule has 0 aromatic carbocycles. The Morgan fingerprint density at radius 2 is 1.94 bits per heavy atom. The molecule has 0 bridgehead atoms. The maximum atomic E-state index is 12.3. The topological polar surface area (TPSA) is 35.6 Å². The maximum absolute atomic E-state index is 12.3. The molecule has 98 valence electrons. The Labute approximate surface area is 104 Å². The Kier molecular flexibility index (Phi) is 4.40. The Bertz CT molecular complexity index is 261. The fraction of sp³-hybridized carbons (Fsp3) is 0.923. The summed E-state index contributed by atoms with van der Waals surface area (Å²) >= 11 is 0. The van der Waals surface area contributed by atoms with Crippen molar-refractivity contribution in [2.24, 2.45) is 11.8 Å². The molecule has 2 fully saturated rings.